The van der Waals surface area contributed by atoms with Gasteiger partial charge in [-0.3, -0.25) is 28.0 Å². The number of nitrogens with zero attached hydrogens (tertiary/aromatic N) is 14. The third kappa shape index (κ3) is 8.38. The smallest absolute Gasteiger partial charge is 0.213 e. The van der Waals surface area contributed by atoms with Gasteiger partial charge < -0.3 is 0 Å². The van der Waals surface area contributed by atoms with E-state index in [0.717, 1.165) is 25.7 Å². The molecule has 1 aliphatic carbocycles. The van der Waals surface area contributed by atoms with E-state index in [-0.39, 0.29) is 12.1 Å². The second-order valence-electron chi connectivity index (χ2n) is 13.4. The average molecular weight is 703 g/mol. The van der Waals surface area contributed by atoms with Crippen LogP contribution in [0.5, 0.6) is 0 Å². The Bertz CT molecular complexity index is 973. The van der Waals surface area contributed by atoms with Crippen molar-refractivity contribution < 1.29 is 0 Å². The van der Waals surface area contributed by atoms with Crippen molar-refractivity contribution in [1.82, 2.24) is 46.7 Å². The zero-order valence-electron chi connectivity index (χ0n) is 32.0. The van der Waals surface area contributed by atoms with Crippen molar-refractivity contribution in [3.63, 3.8) is 0 Å². The predicted molar refractivity (Wildman–Crippen MR) is 200 cm³/mol. The second-order valence-corrected chi connectivity index (χ2v) is 27.6. The van der Waals surface area contributed by atoms with Gasteiger partial charge in [-0.2, -0.15) is 9.03 Å². The van der Waals surface area contributed by atoms with E-state index in [4.69, 9.17) is 18.5 Å². The molecule has 0 saturated heterocycles. The van der Waals surface area contributed by atoms with E-state index in [9.17, 15) is 0 Å². The molecule has 0 N–H and O–H groups in total. The highest BCUT2D eigenvalue weighted by atomic mass is 31.2. The Morgan fingerprint density at radius 1 is 0.341 bits per heavy atom. The topological polar surface area (TPSA) is 81.8 Å². The first-order valence-electron chi connectivity index (χ1n) is 15.3. The van der Waals surface area contributed by atoms with Crippen molar-refractivity contribution in [3.05, 3.63) is 0 Å². The summed E-state index contributed by atoms with van der Waals surface area (Å²) in [5.41, 5.74) is 0. The van der Waals surface area contributed by atoms with Crippen LogP contribution in [0, 0.1) is 0 Å². The van der Waals surface area contributed by atoms with Crippen LogP contribution >= 0.6 is 30.0 Å². The van der Waals surface area contributed by atoms with E-state index in [1.807, 2.05) is 0 Å². The van der Waals surface area contributed by atoms with Crippen molar-refractivity contribution in [2.75, 3.05) is 141 Å². The fourth-order valence-corrected chi connectivity index (χ4v) is 23.4. The molecule has 0 aromatic rings. The molecule has 0 aromatic carbocycles. The Kier molecular flexibility index (Phi) is 16.2. The molecule has 0 aliphatic heterocycles. The molecule has 0 spiro atoms. The number of hydrogen-bond acceptors (Lipinski definition) is 2. The normalized spacial score (nSPS) is 19.7. The summed E-state index contributed by atoms with van der Waals surface area (Å²) in [7, 11) is 33.3. The maximum atomic E-state index is 5.85. The average Bonchev–Trinajstić information content (AvgIpc) is 2.87. The van der Waals surface area contributed by atoms with Gasteiger partial charge in [0.15, 0.2) is 15.0 Å². The molecule has 0 unspecified atom stereocenters. The van der Waals surface area contributed by atoms with Crippen LogP contribution in [0.4, 0.5) is 0 Å². The molecule has 0 bridgehead atoms. The van der Waals surface area contributed by atoms with Crippen LogP contribution in [0.3, 0.4) is 0 Å². The minimum Gasteiger partial charge on any atom is -0.252 e. The fraction of sp³-hybridized carbons (Fsp3) is 1.00. The van der Waals surface area contributed by atoms with Gasteiger partial charge in [-0.25, -0.2) is 28.2 Å². The van der Waals surface area contributed by atoms with Gasteiger partial charge in [0, 0.05) is 0 Å². The lowest BCUT2D eigenvalue weighted by atomic mass is 9.92. The van der Waals surface area contributed by atoms with E-state index >= 15 is 0 Å². The van der Waals surface area contributed by atoms with Gasteiger partial charge in [0.25, 0.3) is 0 Å². The molecule has 1 saturated carbocycles. The van der Waals surface area contributed by atoms with Crippen molar-refractivity contribution in [2.45, 2.75) is 37.8 Å². The molecule has 14 nitrogen and oxygen atoms in total. The molecule has 18 heteroatoms. The lowest BCUT2D eigenvalue weighted by molar-refractivity contribution is 0.382. The van der Waals surface area contributed by atoms with Gasteiger partial charge in [0.2, 0.25) is 15.0 Å². The van der Waals surface area contributed by atoms with E-state index in [0.29, 0.717) is 0 Å². The van der Waals surface area contributed by atoms with Gasteiger partial charge in [-0.1, -0.05) is 12.8 Å². The minimum absolute atomic E-state index is 0.0410. The van der Waals surface area contributed by atoms with Crippen LogP contribution in [-0.4, -0.2) is 200 Å². The van der Waals surface area contributed by atoms with E-state index < -0.39 is 30.0 Å². The Hall–Kier alpha value is 0.520. The summed E-state index contributed by atoms with van der Waals surface area (Å²) >= 11 is 0. The summed E-state index contributed by atoms with van der Waals surface area (Å²) in [6, 6.07) is 0.0820. The molecular formula is C26H70N14P4. The van der Waals surface area contributed by atoms with Crippen LogP contribution in [0.1, 0.15) is 25.7 Å². The Morgan fingerprint density at radius 2 is 0.545 bits per heavy atom. The number of rotatable bonds is 14. The van der Waals surface area contributed by atoms with Crippen molar-refractivity contribution in [2.24, 2.45) is 18.5 Å². The second kappa shape index (κ2) is 16.8. The highest BCUT2D eigenvalue weighted by molar-refractivity contribution is 7.71. The third-order valence-corrected chi connectivity index (χ3v) is 23.9. The van der Waals surface area contributed by atoms with Crippen LogP contribution < -0.4 is 0 Å². The minimum atomic E-state index is -2.51. The standard InChI is InChI=1S/C26H70N14P4/c1-31(2)41(32(3)4,29-43(35(9)10,36(11)12)37(13)14)27-25-23-21-22-24-26(25)28-42(33(5)6,34(7)8)30-44(38(15)16,39(17)18)40(19)20/h25-26H,21-24H2,1-20H3/t25-,26-/m1/s1. The molecule has 1 aliphatic rings. The van der Waals surface area contributed by atoms with Crippen LogP contribution in [0.25, 0.3) is 0 Å². The highest BCUT2D eigenvalue weighted by Crippen LogP contribution is 2.70. The highest BCUT2D eigenvalue weighted by Gasteiger charge is 2.40. The van der Waals surface area contributed by atoms with Gasteiger partial charge in [0.1, 0.15) is 0 Å². The van der Waals surface area contributed by atoms with Crippen molar-refractivity contribution in [1.29, 1.82) is 0 Å². The molecule has 0 heterocycles. The first-order valence-corrected chi connectivity index (χ1v) is 21.7. The molecule has 1 rings (SSSR count). The fourth-order valence-electron chi connectivity index (χ4n) is 6.20. The lowest BCUT2D eigenvalue weighted by Crippen LogP contribution is -2.34. The van der Waals surface area contributed by atoms with E-state index in [2.05, 4.69) is 188 Å². The Balaban J connectivity index is 4.39. The SMILES string of the molecule is CN(C)P(=N[C@@H]1CCCC[C@H]1N=P(N=P(N(C)C)(N(C)C)N(C)C)(N(C)C)N(C)C)(N=P(N(C)C)(N(C)C)N(C)C)N(C)C. The third-order valence-electron chi connectivity index (χ3n) is 8.15. The van der Waals surface area contributed by atoms with Crippen LogP contribution in [0.2, 0.25) is 0 Å². The largest absolute Gasteiger partial charge is 0.252 e. The molecule has 44 heavy (non-hydrogen) atoms. The molecule has 0 radical (unpaired) electrons. The van der Waals surface area contributed by atoms with E-state index in [1.54, 1.807) is 0 Å². The summed E-state index contributed by atoms with van der Waals surface area (Å²) in [6.45, 7) is 0. The van der Waals surface area contributed by atoms with E-state index in [1.165, 1.54) is 0 Å². The first kappa shape index (κ1) is 42.5. The van der Waals surface area contributed by atoms with Crippen molar-refractivity contribution >= 4 is 30.0 Å². The molecule has 0 amide bonds. The van der Waals surface area contributed by atoms with Crippen LogP contribution in [-0.2, 0) is 0 Å². The summed E-state index contributed by atoms with van der Waals surface area (Å²) in [6.07, 6.45) is 4.29. The van der Waals surface area contributed by atoms with Gasteiger partial charge in [-0.05, 0) is 154 Å². The molecule has 264 valence electrons. The predicted octanol–water partition coefficient (Wildman–Crippen LogP) is 5.70. The zero-order chi connectivity index (χ0) is 34.6. The Labute approximate surface area is 273 Å². The van der Waals surface area contributed by atoms with Gasteiger partial charge in [-0.15, -0.1) is 0 Å². The molecule has 0 aromatic heterocycles. The molecule has 1 fully saturated rings. The molecular weight excluding hydrogens is 632 g/mol. The Morgan fingerprint density at radius 3 is 0.705 bits per heavy atom. The zero-order valence-corrected chi connectivity index (χ0v) is 35.6. The molecule has 2 atom stereocenters. The van der Waals surface area contributed by atoms with Gasteiger partial charge >= 0.3 is 0 Å². The van der Waals surface area contributed by atoms with Crippen molar-refractivity contribution in [3.8, 4) is 0 Å². The monoisotopic (exact) mass is 702 g/mol. The quantitative estimate of drug-likeness (QED) is 0.211. The van der Waals surface area contributed by atoms with Crippen LogP contribution in [0.15, 0.2) is 18.5 Å². The first-order chi connectivity index (χ1) is 20.0. The summed E-state index contributed by atoms with van der Waals surface area (Å²) in [5.74, 6) is 0. The summed E-state index contributed by atoms with van der Waals surface area (Å²) < 4.78 is 46.2. The number of hydrogen-bond donors (Lipinski definition) is 0. The maximum absolute atomic E-state index is 5.85. The summed E-state index contributed by atoms with van der Waals surface area (Å²) in [4.78, 5) is 0. The summed E-state index contributed by atoms with van der Waals surface area (Å²) in [5, 5.41) is 0. The van der Waals surface area contributed by atoms with Gasteiger partial charge in [0.05, 0.1) is 12.1 Å². The maximum Gasteiger partial charge on any atom is 0.213 e. The lowest BCUT2D eigenvalue weighted by Gasteiger charge is -2.46.